The first-order valence-electron chi connectivity index (χ1n) is 6.73. The molecule has 1 aromatic carbocycles. The van der Waals surface area contributed by atoms with Crippen LogP contribution >= 0.6 is 28.3 Å². The number of rotatable bonds is 4. The fourth-order valence-electron chi connectivity index (χ4n) is 2.57. The van der Waals surface area contributed by atoms with Gasteiger partial charge in [0.25, 0.3) is 0 Å². The Kier molecular flexibility index (Phi) is 7.47. The molecule has 0 aromatic heterocycles. The lowest BCUT2D eigenvalue weighted by Gasteiger charge is -2.36. The second-order valence-corrected chi connectivity index (χ2v) is 5.83. The number of piperazine rings is 1. The lowest BCUT2D eigenvalue weighted by atomic mass is 9.99. The van der Waals surface area contributed by atoms with E-state index in [0.29, 0.717) is 0 Å². The molecule has 7 heteroatoms. The number of alkyl halides is 3. The normalized spacial score (nSPS) is 18.1. The zero-order valence-electron chi connectivity index (χ0n) is 11.5. The Balaban J connectivity index is 0.00000220. The van der Waals surface area contributed by atoms with E-state index in [0.717, 1.165) is 36.2 Å². The summed E-state index contributed by atoms with van der Waals surface area (Å²) in [4.78, 5) is 2.14. The highest BCUT2D eigenvalue weighted by molar-refractivity contribution is 9.10. The van der Waals surface area contributed by atoms with Gasteiger partial charge in [0.05, 0.1) is 0 Å². The third kappa shape index (κ3) is 5.77. The van der Waals surface area contributed by atoms with Crippen LogP contribution in [-0.2, 0) is 0 Å². The molecule has 0 unspecified atom stereocenters. The van der Waals surface area contributed by atoms with E-state index < -0.39 is 12.6 Å². The molecule has 1 aliphatic rings. The molecule has 1 heterocycles. The SMILES string of the molecule is Cl.FC(F)(F)CC[C@@H](c1ccccc1Br)N1CCNCC1. The fourth-order valence-corrected chi connectivity index (χ4v) is 3.12. The van der Waals surface area contributed by atoms with Crippen LogP contribution in [0, 0.1) is 0 Å². The molecule has 2 nitrogen and oxygen atoms in total. The van der Waals surface area contributed by atoms with Gasteiger partial charge < -0.3 is 5.32 Å². The van der Waals surface area contributed by atoms with Crippen LogP contribution in [-0.4, -0.2) is 37.3 Å². The second kappa shape index (κ2) is 8.36. The van der Waals surface area contributed by atoms with Gasteiger partial charge in [-0.15, -0.1) is 12.4 Å². The third-order valence-corrected chi connectivity index (χ3v) is 4.28. The van der Waals surface area contributed by atoms with E-state index in [1.807, 2.05) is 24.3 Å². The minimum atomic E-state index is -4.10. The van der Waals surface area contributed by atoms with E-state index in [9.17, 15) is 13.2 Å². The summed E-state index contributed by atoms with van der Waals surface area (Å²) in [5.41, 5.74) is 0.943. The predicted molar refractivity (Wildman–Crippen MR) is 83.9 cm³/mol. The summed E-state index contributed by atoms with van der Waals surface area (Å²) in [6, 6.07) is 7.37. The van der Waals surface area contributed by atoms with Crippen molar-refractivity contribution >= 4 is 28.3 Å². The van der Waals surface area contributed by atoms with Crippen molar-refractivity contribution in [3.63, 3.8) is 0 Å². The van der Waals surface area contributed by atoms with Gasteiger partial charge in [-0.2, -0.15) is 13.2 Å². The summed E-state index contributed by atoms with van der Waals surface area (Å²) in [6.07, 6.45) is -4.75. The van der Waals surface area contributed by atoms with Gasteiger partial charge in [-0.05, 0) is 18.1 Å². The summed E-state index contributed by atoms with van der Waals surface area (Å²) < 4.78 is 38.6. The molecule has 1 fully saturated rings. The van der Waals surface area contributed by atoms with E-state index in [2.05, 4.69) is 26.1 Å². The number of halogens is 5. The summed E-state index contributed by atoms with van der Waals surface area (Å²) in [7, 11) is 0. The molecule has 0 amide bonds. The minimum Gasteiger partial charge on any atom is -0.314 e. The number of nitrogens with zero attached hydrogens (tertiary/aromatic N) is 1. The van der Waals surface area contributed by atoms with Crippen LogP contribution in [0.2, 0.25) is 0 Å². The van der Waals surface area contributed by atoms with E-state index in [4.69, 9.17) is 0 Å². The van der Waals surface area contributed by atoms with E-state index in [-0.39, 0.29) is 24.9 Å². The Bertz CT molecular complexity index is 436. The van der Waals surface area contributed by atoms with Crippen molar-refractivity contribution in [3.8, 4) is 0 Å². The average molecular weight is 388 g/mol. The molecular weight excluding hydrogens is 369 g/mol. The first-order valence-corrected chi connectivity index (χ1v) is 7.52. The molecule has 1 N–H and O–H groups in total. The highest BCUT2D eigenvalue weighted by atomic mass is 79.9. The maximum Gasteiger partial charge on any atom is 0.389 e. The van der Waals surface area contributed by atoms with Gasteiger partial charge in [0.2, 0.25) is 0 Å². The van der Waals surface area contributed by atoms with Gasteiger partial charge in [-0.3, -0.25) is 4.90 Å². The fraction of sp³-hybridized carbons (Fsp3) is 0.571. The first-order chi connectivity index (χ1) is 9.47. The number of hydrogen-bond acceptors (Lipinski definition) is 2. The topological polar surface area (TPSA) is 15.3 Å². The van der Waals surface area contributed by atoms with Gasteiger partial charge in [0, 0.05) is 43.1 Å². The first kappa shape index (κ1) is 18.7. The smallest absolute Gasteiger partial charge is 0.314 e. The van der Waals surface area contributed by atoms with Gasteiger partial charge in [-0.1, -0.05) is 34.1 Å². The zero-order chi connectivity index (χ0) is 14.6. The summed E-state index contributed by atoms with van der Waals surface area (Å²) in [5, 5.41) is 3.23. The molecule has 21 heavy (non-hydrogen) atoms. The third-order valence-electron chi connectivity index (χ3n) is 3.56. The molecule has 0 bridgehead atoms. The Labute approximate surface area is 137 Å². The molecule has 120 valence electrons. The molecular formula is C14H19BrClF3N2. The summed E-state index contributed by atoms with van der Waals surface area (Å²) >= 11 is 3.46. The molecule has 0 saturated carbocycles. The van der Waals surface area contributed by atoms with Crippen LogP contribution in [0.25, 0.3) is 0 Å². The highest BCUT2D eigenvalue weighted by Gasteiger charge is 2.31. The number of nitrogens with one attached hydrogen (secondary N) is 1. The number of benzene rings is 1. The van der Waals surface area contributed by atoms with Crippen LogP contribution in [0.15, 0.2) is 28.7 Å². The van der Waals surface area contributed by atoms with Crippen molar-refractivity contribution < 1.29 is 13.2 Å². The molecule has 0 aliphatic carbocycles. The molecule has 1 aromatic rings. The Hall–Kier alpha value is -0.300. The van der Waals surface area contributed by atoms with Crippen molar-refractivity contribution in [2.24, 2.45) is 0 Å². The van der Waals surface area contributed by atoms with Crippen LogP contribution in [0.3, 0.4) is 0 Å². The zero-order valence-corrected chi connectivity index (χ0v) is 13.9. The van der Waals surface area contributed by atoms with Crippen LogP contribution in [0.5, 0.6) is 0 Å². The maximum atomic E-state index is 12.6. The molecule has 1 atom stereocenters. The lowest BCUT2D eigenvalue weighted by Crippen LogP contribution is -2.45. The number of hydrogen-bond donors (Lipinski definition) is 1. The van der Waals surface area contributed by atoms with Gasteiger partial charge >= 0.3 is 6.18 Å². The molecule has 0 radical (unpaired) electrons. The average Bonchev–Trinajstić information content (AvgIpc) is 2.41. The van der Waals surface area contributed by atoms with Gasteiger partial charge in [0.15, 0.2) is 0 Å². The predicted octanol–water partition coefficient (Wildman–Crippen LogP) is 4.16. The lowest BCUT2D eigenvalue weighted by molar-refractivity contribution is -0.138. The standard InChI is InChI=1S/C14H18BrF3N2.ClH/c15-12-4-2-1-3-11(12)13(5-6-14(16,17)18)20-9-7-19-8-10-20;/h1-4,13,19H,5-10H2;1H/t13-;/m0./s1. The van der Waals surface area contributed by atoms with E-state index in [1.54, 1.807) is 0 Å². The van der Waals surface area contributed by atoms with E-state index >= 15 is 0 Å². The van der Waals surface area contributed by atoms with Crippen molar-refractivity contribution in [3.05, 3.63) is 34.3 Å². The second-order valence-electron chi connectivity index (χ2n) is 4.98. The van der Waals surface area contributed by atoms with Crippen molar-refractivity contribution in [2.45, 2.75) is 25.1 Å². The van der Waals surface area contributed by atoms with Gasteiger partial charge in [0.1, 0.15) is 0 Å². The Morgan fingerprint density at radius 2 is 1.81 bits per heavy atom. The van der Waals surface area contributed by atoms with Crippen LogP contribution in [0.4, 0.5) is 13.2 Å². The molecule has 1 saturated heterocycles. The van der Waals surface area contributed by atoms with E-state index in [1.165, 1.54) is 0 Å². The van der Waals surface area contributed by atoms with Crippen molar-refractivity contribution in [1.82, 2.24) is 10.2 Å². The monoisotopic (exact) mass is 386 g/mol. The maximum absolute atomic E-state index is 12.6. The van der Waals surface area contributed by atoms with Gasteiger partial charge in [-0.25, -0.2) is 0 Å². The quantitative estimate of drug-likeness (QED) is 0.834. The van der Waals surface area contributed by atoms with Crippen molar-refractivity contribution in [1.29, 1.82) is 0 Å². The molecule has 2 rings (SSSR count). The highest BCUT2D eigenvalue weighted by Crippen LogP contribution is 2.34. The Morgan fingerprint density at radius 1 is 1.19 bits per heavy atom. The molecule has 0 spiro atoms. The Morgan fingerprint density at radius 3 is 2.38 bits per heavy atom. The van der Waals surface area contributed by atoms with Crippen LogP contribution < -0.4 is 5.32 Å². The van der Waals surface area contributed by atoms with Crippen molar-refractivity contribution in [2.75, 3.05) is 26.2 Å². The minimum absolute atomic E-state index is 0. The van der Waals surface area contributed by atoms with Crippen LogP contribution in [0.1, 0.15) is 24.4 Å². The largest absolute Gasteiger partial charge is 0.389 e. The summed E-state index contributed by atoms with van der Waals surface area (Å²) in [5.74, 6) is 0. The summed E-state index contributed by atoms with van der Waals surface area (Å²) in [6.45, 7) is 3.22. The molecule has 1 aliphatic heterocycles.